The van der Waals surface area contributed by atoms with Gasteiger partial charge < -0.3 is 5.32 Å². The van der Waals surface area contributed by atoms with Crippen LogP contribution in [0.15, 0.2) is 11.4 Å². The van der Waals surface area contributed by atoms with Gasteiger partial charge in [-0.1, -0.05) is 0 Å². The van der Waals surface area contributed by atoms with Gasteiger partial charge in [0.05, 0.1) is 16.4 Å². The van der Waals surface area contributed by atoms with Crippen LogP contribution in [0.4, 0.5) is 10.7 Å². The van der Waals surface area contributed by atoms with Gasteiger partial charge in [0, 0.05) is 0 Å². The van der Waals surface area contributed by atoms with Gasteiger partial charge in [-0.2, -0.15) is 0 Å². The molecule has 0 aliphatic rings. The Morgan fingerprint density at radius 3 is 2.91 bits per heavy atom. The predicted molar refractivity (Wildman–Crippen MR) is 40.7 cm³/mol. The number of carbonyl (C=O) groups excluding carboxylic acids is 1. The van der Waals surface area contributed by atoms with Crippen molar-refractivity contribution >= 4 is 28.4 Å². The molecule has 0 aliphatic carbocycles. The standard InChI is InChI=1S/C5H4N2O3S/c8-3-6-5-1-4(2-11-5)7(9)10/h1-3H,(H,6,8). The van der Waals surface area contributed by atoms with E-state index < -0.39 is 4.92 Å². The Bertz CT molecular complexity index is 283. The van der Waals surface area contributed by atoms with E-state index in [2.05, 4.69) is 5.32 Å². The average molecular weight is 172 g/mol. The van der Waals surface area contributed by atoms with Crippen LogP contribution in [-0.4, -0.2) is 11.3 Å². The van der Waals surface area contributed by atoms with E-state index in [1.54, 1.807) is 0 Å². The topological polar surface area (TPSA) is 72.2 Å². The van der Waals surface area contributed by atoms with Crippen molar-refractivity contribution in [1.29, 1.82) is 0 Å². The van der Waals surface area contributed by atoms with E-state index in [9.17, 15) is 14.9 Å². The highest BCUT2D eigenvalue weighted by atomic mass is 32.1. The number of nitrogens with one attached hydrogen (secondary N) is 1. The number of carbonyl (C=O) groups is 1. The Labute approximate surface area is 65.8 Å². The molecule has 0 radical (unpaired) electrons. The lowest BCUT2D eigenvalue weighted by molar-refractivity contribution is -0.384. The minimum Gasteiger partial charge on any atom is -0.320 e. The van der Waals surface area contributed by atoms with Crippen LogP contribution in [0.3, 0.4) is 0 Å². The summed E-state index contributed by atoms with van der Waals surface area (Å²) < 4.78 is 0. The number of hydrogen-bond acceptors (Lipinski definition) is 4. The fraction of sp³-hybridized carbons (Fsp3) is 0. The molecule has 0 aliphatic heterocycles. The minimum atomic E-state index is -0.507. The molecule has 0 aromatic carbocycles. The quantitative estimate of drug-likeness (QED) is 0.423. The SMILES string of the molecule is O=CNc1cc([N+](=O)[O-])cs1. The summed E-state index contributed by atoms with van der Waals surface area (Å²) >= 11 is 1.12. The van der Waals surface area contributed by atoms with Crippen molar-refractivity contribution in [2.75, 3.05) is 5.32 Å². The molecule has 5 nitrogen and oxygen atoms in total. The Kier molecular flexibility index (Phi) is 2.17. The largest absolute Gasteiger partial charge is 0.320 e. The molecule has 58 valence electrons. The van der Waals surface area contributed by atoms with E-state index in [1.807, 2.05) is 0 Å². The molecule has 1 aromatic heterocycles. The zero-order chi connectivity index (χ0) is 8.27. The Morgan fingerprint density at radius 1 is 1.73 bits per heavy atom. The van der Waals surface area contributed by atoms with Gasteiger partial charge in [-0.05, 0) is 0 Å². The number of anilines is 1. The molecule has 11 heavy (non-hydrogen) atoms. The third kappa shape index (κ3) is 1.74. The summed E-state index contributed by atoms with van der Waals surface area (Å²) in [7, 11) is 0. The zero-order valence-corrected chi connectivity index (χ0v) is 6.13. The first-order chi connectivity index (χ1) is 5.24. The third-order valence-electron chi connectivity index (χ3n) is 0.998. The molecule has 0 saturated carbocycles. The zero-order valence-electron chi connectivity index (χ0n) is 5.31. The van der Waals surface area contributed by atoms with Crippen molar-refractivity contribution in [3.05, 3.63) is 21.6 Å². The highest BCUT2D eigenvalue weighted by molar-refractivity contribution is 7.14. The van der Waals surface area contributed by atoms with Crippen LogP contribution < -0.4 is 5.32 Å². The molecule has 0 fully saturated rings. The second-order valence-electron chi connectivity index (χ2n) is 1.69. The third-order valence-corrected chi connectivity index (χ3v) is 1.85. The molecule has 1 rings (SSSR count). The summed E-state index contributed by atoms with van der Waals surface area (Å²) in [6.07, 6.45) is 0.482. The molecule has 0 spiro atoms. The number of nitrogens with zero attached hydrogens (tertiary/aromatic N) is 1. The summed E-state index contributed by atoms with van der Waals surface area (Å²) in [4.78, 5) is 19.5. The van der Waals surface area contributed by atoms with Crippen LogP contribution in [0.25, 0.3) is 0 Å². The van der Waals surface area contributed by atoms with Crippen LogP contribution in [0.1, 0.15) is 0 Å². The number of thiophene rings is 1. The Balaban J connectivity index is 2.81. The Hall–Kier alpha value is -1.43. The summed E-state index contributed by atoms with van der Waals surface area (Å²) in [5, 5.41) is 14.3. The molecule has 0 atom stereocenters. The number of rotatable bonds is 3. The summed E-state index contributed by atoms with van der Waals surface area (Å²) in [5.74, 6) is 0. The van der Waals surface area contributed by atoms with Crippen molar-refractivity contribution < 1.29 is 9.72 Å². The van der Waals surface area contributed by atoms with Gasteiger partial charge in [-0.25, -0.2) is 0 Å². The van der Waals surface area contributed by atoms with E-state index >= 15 is 0 Å². The van der Waals surface area contributed by atoms with Gasteiger partial charge in [0.15, 0.2) is 0 Å². The first-order valence-corrected chi connectivity index (χ1v) is 3.55. The molecule has 1 aromatic rings. The highest BCUT2D eigenvalue weighted by Gasteiger charge is 2.07. The summed E-state index contributed by atoms with van der Waals surface area (Å²) in [6.45, 7) is 0. The Morgan fingerprint density at radius 2 is 2.45 bits per heavy atom. The van der Waals surface area contributed by atoms with Crippen LogP contribution in [0, 0.1) is 10.1 Å². The average Bonchev–Trinajstić information content (AvgIpc) is 2.37. The van der Waals surface area contributed by atoms with E-state index in [1.165, 1.54) is 11.4 Å². The summed E-state index contributed by atoms with van der Waals surface area (Å²) in [5.41, 5.74) is -0.000602. The number of nitro groups is 1. The van der Waals surface area contributed by atoms with Crippen molar-refractivity contribution in [2.45, 2.75) is 0 Å². The maximum absolute atomic E-state index is 10.1. The van der Waals surface area contributed by atoms with Gasteiger partial charge in [0.25, 0.3) is 5.69 Å². The molecule has 1 N–H and O–H groups in total. The molecule has 1 amide bonds. The molecule has 6 heteroatoms. The normalized spacial score (nSPS) is 9.09. The second kappa shape index (κ2) is 3.11. The molecule has 1 heterocycles. The lowest BCUT2D eigenvalue weighted by Crippen LogP contribution is -1.89. The maximum Gasteiger partial charge on any atom is 0.282 e. The van der Waals surface area contributed by atoms with E-state index in [4.69, 9.17) is 0 Å². The van der Waals surface area contributed by atoms with Crippen molar-refractivity contribution in [3.63, 3.8) is 0 Å². The molecule has 0 bridgehead atoms. The monoisotopic (exact) mass is 172 g/mol. The molecule has 0 unspecified atom stereocenters. The lowest BCUT2D eigenvalue weighted by Gasteiger charge is -1.85. The number of hydrogen-bond donors (Lipinski definition) is 1. The van der Waals surface area contributed by atoms with Crippen LogP contribution in [0.2, 0.25) is 0 Å². The lowest BCUT2D eigenvalue weighted by atomic mass is 10.5. The minimum absolute atomic E-state index is 0.000602. The van der Waals surface area contributed by atoms with Crippen molar-refractivity contribution in [3.8, 4) is 0 Å². The van der Waals surface area contributed by atoms with Gasteiger partial charge in [-0.15, -0.1) is 11.3 Å². The van der Waals surface area contributed by atoms with Crippen LogP contribution in [-0.2, 0) is 4.79 Å². The van der Waals surface area contributed by atoms with Crippen molar-refractivity contribution in [1.82, 2.24) is 0 Å². The van der Waals surface area contributed by atoms with Crippen molar-refractivity contribution in [2.24, 2.45) is 0 Å². The van der Waals surface area contributed by atoms with E-state index in [0.29, 0.717) is 11.4 Å². The summed E-state index contributed by atoms with van der Waals surface area (Å²) in [6, 6.07) is 1.30. The van der Waals surface area contributed by atoms with E-state index in [-0.39, 0.29) is 5.69 Å². The number of amides is 1. The molecule has 0 saturated heterocycles. The molecular formula is C5H4N2O3S. The smallest absolute Gasteiger partial charge is 0.282 e. The van der Waals surface area contributed by atoms with Gasteiger partial charge in [0.1, 0.15) is 5.00 Å². The van der Waals surface area contributed by atoms with Crippen LogP contribution >= 0.6 is 11.3 Å². The highest BCUT2D eigenvalue weighted by Crippen LogP contribution is 2.24. The first kappa shape index (κ1) is 7.67. The fourth-order valence-electron chi connectivity index (χ4n) is 0.556. The van der Waals surface area contributed by atoms with E-state index in [0.717, 1.165) is 11.3 Å². The first-order valence-electron chi connectivity index (χ1n) is 2.67. The van der Waals surface area contributed by atoms with Gasteiger partial charge >= 0.3 is 0 Å². The second-order valence-corrected chi connectivity index (χ2v) is 2.60. The maximum atomic E-state index is 10.1. The van der Waals surface area contributed by atoms with Gasteiger partial charge in [-0.3, -0.25) is 14.9 Å². The molecular weight excluding hydrogens is 168 g/mol. The van der Waals surface area contributed by atoms with Gasteiger partial charge in [0.2, 0.25) is 6.41 Å². The predicted octanol–water partition coefficient (Wildman–Crippen LogP) is 1.22. The fourth-order valence-corrected chi connectivity index (χ4v) is 1.26. The van der Waals surface area contributed by atoms with Crippen LogP contribution in [0.5, 0.6) is 0 Å².